The monoisotopic (exact) mass is 626 g/mol. The number of nitro groups is 1. The predicted molar refractivity (Wildman–Crippen MR) is 174 cm³/mol. The maximum absolute atomic E-state index is 13.4. The molecule has 0 bridgehead atoms. The van der Waals surface area contributed by atoms with Crippen molar-refractivity contribution < 1.29 is 28.8 Å². The number of non-ortho nitro benzene ring substituents is 1. The third kappa shape index (κ3) is 8.94. The summed E-state index contributed by atoms with van der Waals surface area (Å²) >= 11 is 1.26. The van der Waals surface area contributed by atoms with E-state index in [0.717, 1.165) is 4.90 Å². The van der Waals surface area contributed by atoms with Crippen LogP contribution < -0.4 is 25.4 Å². The molecule has 4 aromatic rings. The second kappa shape index (κ2) is 15.2. The summed E-state index contributed by atoms with van der Waals surface area (Å²) in [4.78, 5) is 50.2. The molecule has 0 aromatic heterocycles. The average Bonchev–Trinajstić information content (AvgIpc) is 3.05. The molecule has 0 heterocycles. The number of aryl methyl sites for hydroxylation is 1. The molecule has 0 fully saturated rings. The van der Waals surface area contributed by atoms with Gasteiger partial charge in [0, 0.05) is 39.9 Å². The highest BCUT2D eigenvalue weighted by Crippen LogP contribution is 2.27. The molecule has 12 heteroatoms. The highest BCUT2D eigenvalue weighted by atomic mass is 32.2. The van der Waals surface area contributed by atoms with E-state index in [1.54, 1.807) is 85.8 Å². The zero-order valence-corrected chi connectivity index (χ0v) is 25.5. The van der Waals surface area contributed by atoms with Crippen molar-refractivity contribution in [2.24, 2.45) is 0 Å². The van der Waals surface area contributed by atoms with Crippen molar-refractivity contribution in [2.45, 2.75) is 11.8 Å². The lowest BCUT2D eigenvalue weighted by Crippen LogP contribution is -2.30. The molecule has 230 valence electrons. The molecule has 0 spiro atoms. The summed E-state index contributed by atoms with van der Waals surface area (Å²) < 4.78 is 10.7. The Kier molecular flexibility index (Phi) is 10.9. The molecule has 0 atom stereocenters. The number of hydrogen-bond acceptors (Lipinski definition) is 8. The largest absolute Gasteiger partial charge is 0.497 e. The fraction of sp³-hybridized carbons (Fsp3) is 0.121. The van der Waals surface area contributed by atoms with E-state index in [-0.39, 0.29) is 23.0 Å². The van der Waals surface area contributed by atoms with Crippen LogP contribution in [0.2, 0.25) is 0 Å². The minimum Gasteiger partial charge on any atom is -0.497 e. The summed E-state index contributed by atoms with van der Waals surface area (Å²) in [5.41, 5.74) is 2.34. The second-order valence-corrected chi connectivity index (χ2v) is 10.6. The first kappa shape index (κ1) is 32.3. The number of thioether (sulfide) groups is 1. The molecule has 0 saturated heterocycles. The summed E-state index contributed by atoms with van der Waals surface area (Å²) in [5.74, 6) is -0.272. The van der Waals surface area contributed by atoms with Gasteiger partial charge in [0.05, 0.1) is 30.6 Å². The van der Waals surface area contributed by atoms with Crippen molar-refractivity contribution >= 4 is 52.6 Å². The van der Waals surface area contributed by atoms with Crippen LogP contribution in [0.25, 0.3) is 6.08 Å². The minimum atomic E-state index is -0.566. The summed E-state index contributed by atoms with van der Waals surface area (Å²) in [7, 11) is 3.02. The van der Waals surface area contributed by atoms with Crippen molar-refractivity contribution in [3.05, 3.63) is 123 Å². The molecule has 0 unspecified atom stereocenters. The molecule has 45 heavy (non-hydrogen) atoms. The van der Waals surface area contributed by atoms with Gasteiger partial charge < -0.3 is 25.4 Å². The molecule has 0 aliphatic heterocycles. The van der Waals surface area contributed by atoms with Crippen LogP contribution in [0, 0.1) is 17.0 Å². The van der Waals surface area contributed by atoms with Crippen molar-refractivity contribution in [1.29, 1.82) is 0 Å². The van der Waals surface area contributed by atoms with Gasteiger partial charge in [0.15, 0.2) is 0 Å². The van der Waals surface area contributed by atoms with Gasteiger partial charge >= 0.3 is 0 Å². The van der Waals surface area contributed by atoms with Gasteiger partial charge in [-0.2, -0.15) is 0 Å². The number of nitrogens with zero attached hydrogens (tertiary/aromatic N) is 1. The van der Waals surface area contributed by atoms with E-state index in [4.69, 9.17) is 9.47 Å². The van der Waals surface area contributed by atoms with Crippen LogP contribution in [-0.4, -0.2) is 42.6 Å². The first-order chi connectivity index (χ1) is 21.7. The molecule has 4 aromatic carbocycles. The summed E-state index contributed by atoms with van der Waals surface area (Å²) in [5, 5.41) is 19.3. The minimum absolute atomic E-state index is 0.0149. The van der Waals surface area contributed by atoms with Gasteiger partial charge in [-0.1, -0.05) is 24.3 Å². The van der Waals surface area contributed by atoms with Crippen molar-refractivity contribution in [3.8, 4) is 11.5 Å². The van der Waals surface area contributed by atoms with Crippen LogP contribution in [0.1, 0.15) is 21.5 Å². The van der Waals surface area contributed by atoms with Crippen LogP contribution >= 0.6 is 11.8 Å². The average molecular weight is 627 g/mol. The number of ether oxygens (including phenoxy) is 2. The normalized spacial score (nSPS) is 10.9. The maximum atomic E-state index is 13.4. The Hall–Kier alpha value is -5.62. The van der Waals surface area contributed by atoms with Crippen LogP contribution in [0.4, 0.5) is 17.1 Å². The summed E-state index contributed by atoms with van der Waals surface area (Å²) in [6.07, 6.45) is 1.51. The van der Waals surface area contributed by atoms with Gasteiger partial charge in [0.25, 0.3) is 17.5 Å². The van der Waals surface area contributed by atoms with E-state index >= 15 is 0 Å². The number of rotatable bonds is 12. The number of nitrogens with one attached hydrogen (secondary N) is 3. The Labute approximate surface area is 263 Å². The third-order valence-electron chi connectivity index (χ3n) is 6.46. The van der Waals surface area contributed by atoms with E-state index < -0.39 is 16.7 Å². The Morgan fingerprint density at radius 1 is 0.889 bits per heavy atom. The number of hydrogen-bond donors (Lipinski definition) is 3. The van der Waals surface area contributed by atoms with Crippen molar-refractivity contribution in [3.63, 3.8) is 0 Å². The van der Waals surface area contributed by atoms with Gasteiger partial charge in [0.2, 0.25) is 5.91 Å². The number of methoxy groups -OCH3 is 2. The first-order valence-corrected chi connectivity index (χ1v) is 14.5. The number of nitro benzene ring substituents is 1. The topological polar surface area (TPSA) is 149 Å². The molecule has 4 rings (SSSR count). The number of benzene rings is 4. The Bertz CT molecular complexity index is 1740. The smallest absolute Gasteiger partial charge is 0.272 e. The van der Waals surface area contributed by atoms with E-state index in [0.29, 0.717) is 39.6 Å². The van der Waals surface area contributed by atoms with E-state index in [2.05, 4.69) is 16.0 Å². The molecule has 0 saturated carbocycles. The lowest BCUT2D eigenvalue weighted by atomic mass is 10.1. The number of carbonyl (C=O) groups excluding carboxylic acids is 3. The van der Waals surface area contributed by atoms with Gasteiger partial charge in [-0.15, -0.1) is 11.8 Å². The number of anilines is 2. The summed E-state index contributed by atoms with van der Waals surface area (Å²) in [6.45, 7) is 1.75. The van der Waals surface area contributed by atoms with Gasteiger partial charge in [0.1, 0.15) is 17.2 Å². The molecule has 3 N–H and O–H groups in total. The molecule has 11 nitrogen and oxygen atoms in total. The quantitative estimate of drug-likeness (QED) is 0.0744. The standard InChI is InChI=1S/C33H30N4O7S/c1-21-9-13-25(37(41)42)18-28(21)35-31(38)20-45-27-15-11-24(12-16-27)34-33(40)29(36-32(39)22-7-5-4-6-8-22)17-23-10-14-26(43-2)19-30(23)44-3/h4-19H,20H2,1-3H3,(H,34,40)(H,35,38)(H,36,39)/b29-17-. The van der Waals surface area contributed by atoms with Crippen LogP contribution in [-0.2, 0) is 9.59 Å². The van der Waals surface area contributed by atoms with Gasteiger partial charge in [-0.3, -0.25) is 24.5 Å². The lowest BCUT2D eigenvalue weighted by Gasteiger charge is -2.13. The Balaban J connectivity index is 1.45. The van der Waals surface area contributed by atoms with Crippen LogP contribution in [0.5, 0.6) is 11.5 Å². The van der Waals surface area contributed by atoms with E-state index in [9.17, 15) is 24.5 Å². The number of amides is 3. The zero-order chi connectivity index (χ0) is 32.3. The van der Waals surface area contributed by atoms with Crippen LogP contribution in [0.15, 0.2) is 102 Å². The molecular weight excluding hydrogens is 596 g/mol. The second-order valence-electron chi connectivity index (χ2n) is 9.56. The predicted octanol–water partition coefficient (Wildman–Crippen LogP) is 6.06. The third-order valence-corrected chi connectivity index (χ3v) is 7.47. The Morgan fingerprint density at radius 3 is 2.29 bits per heavy atom. The molecule has 0 aliphatic carbocycles. The highest BCUT2D eigenvalue weighted by molar-refractivity contribution is 8.00. The molecule has 0 radical (unpaired) electrons. The molecule has 0 aliphatic rings. The lowest BCUT2D eigenvalue weighted by molar-refractivity contribution is -0.384. The fourth-order valence-corrected chi connectivity index (χ4v) is 4.76. The Morgan fingerprint density at radius 2 is 1.62 bits per heavy atom. The molecule has 3 amide bonds. The van der Waals surface area contributed by atoms with Gasteiger partial charge in [-0.25, -0.2) is 0 Å². The van der Waals surface area contributed by atoms with Gasteiger partial charge in [-0.05, 0) is 67.1 Å². The summed E-state index contributed by atoms with van der Waals surface area (Å²) in [6, 6.07) is 24.7. The van der Waals surface area contributed by atoms with E-state index in [1.165, 1.54) is 44.2 Å². The molecular formula is C33H30N4O7S. The SMILES string of the molecule is COc1ccc(/C=C(\NC(=O)c2ccccc2)C(=O)Nc2ccc(SCC(=O)Nc3cc([N+](=O)[O-])ccc3C)cc2)c(OC)c1. The fourth-order valence-electron chi connectivity index (χ4n) is 4.06. The van der Waals surface area contributed by atoms with E-state index in [1.807, 2.05) is 0 Å². The first-order valence-electron chi connectivity index (χ1n) is 13.6. The highest BCUT2D eigenvalue weighted by Gasteiger charge is 2.17. The number of carbonyl (C=O) groups is 3. The van der Waals surface area contributed by atoms with Crippen LogP contribution in [0.3, 0.4) is 0 Å². The van der Waals surface area contributed by atoms with Crippen molar-refractivity contribution in [1.82, 2.24) is 5.32 Å². The maximum Gasteiger partial charge on any atom is 0.272 e. The zero-order valence-electron chi connectivity index (χ0n) is 24.7. The van der Waals surface area contributed by atoms with Crippen molar-refractivity contribution in [2.75, 3.05) is 30.6 Å².